The first kappa shape index (κ1) is 137. The summed E-state index contributed by atoms with van der Waals surface area (Å²) in [6.07, 6.45) is -3.04. The van der Waals surface area contributed by atoms with Crippen molar-refractivity contribution in [2.45, 2.75) is 79.8 Å². The van der Waals surface area contributed by atoms with E-state index in [2.05, 4.69) is 0 Å². The van der Waals surface area contributed by atoms with Gasteiger partial charge in [-0.2, -0.15) is 0 Å². The standard InChI is InChI=1S/4C3H9N2O.8C2H4O2.2Dy.4Ni.3H2O/c4*4-1-3(6)2-5;8*1-2(3)4;;;;;;;;;/h4*3H,1-2,4-5H2;8*1H3,(H,3,4);;;;;;;3*1H2/q4*-1;;;;;;;;;;+3;3*+2;+3;;;/p-10. The molecule has 0 aromatic heterocycles. The van der Waals surface area contributed by atoms with E-state index in [9.17, 15) is 20.4 Å². The van der Waals surface area contributed by atoms with Crippen LogP contribution in [0.25, 0.3) is 0 Å². The Bertz CT molecular complexity index is 683. The Morgan fingerprint density at radius 2 is 0.354 bits per heavy atom. The van der Waals surface area contributed by atoms with Crippen molar-refractivity contribution >= 4 is 47.8 Å². The summed E-state index contributed by atoms with van der Waals surface area (Å²) in [6, 6.07) is 0. The van der Waals surface area contributed by atoms with Gasteiger partial charge in [-0.1, -0.05) is 0 Å². The van der Waals surface area contributed by atoms with E-state index in [0.717, 1.165) is 55.4 Å². The fourth-order valence-corrected chi connectivity index (χ4v) is 0.385. The predicted molar refractivity (Wildman–Crippen MR) is 181 cm³/mol. The number of nitrogens with two attached hydrogens (primary N) is 8. The first-order valence-electron chi connectivity index (χ1n) is 14.7. The molecule has 0 rings (SSSR count). The van der Waals surface area contributed by atoms with Crippen LogP contribution in [0.5, 0.6) is 0 Å². The molecule has 0 bridgehead atoms. The third-order valence-corrected chi connectivity index (χ3v) is 2.10. The van der Waals surface area contributed by atoms with Crippen LogP contribution in [0.15, 0.2) is 0 Å². The molecule has 0 aliphatic carbocycles. The molecule has 37 heteroatoms. The summed E-state index contributed by atoms with van der Waals surface area (Å²) in [5.74, 6) is -8.67. The number of carboxylic acids is 8. The molecule has 0 fully saturated rings. The minimum absolute atomic E-state index is 0. The van der Waals surface area contributed by atoms with E-state index in [0.29, 0.717) is 0 Å². The summed E-state index contributed by atoms with van der Waals surface area (Å²) in [6.45, 7) is 8.97. The molecular weight excluding hydrogens is 1380 g/mol. The van der Waals surface area contributed by atoms with Crippen molar-refractivity contribution in [3.8, 4) is 0 Å². The predicted octanol–water partition coefficient (Wildman–Crippen LogP) is -20.6. The summed E-state index contributed by atoms with van der Waals surface area (Å²) in [7, 11) is 0. The number of rotatable bonds is 8. The first-order chi connectivity index (χ1) is 25.1. The molecule has 0 atom stereocenters. The van der Waals surface area contributed by atoms with Crippen LogP contribution in [0.4, 0.5) is 0 Å². The van der Waals surface area contributed by atoms with Crippen molar-refractivity contribution in [2.75, 3.05) is 52.4 Å². The van der Waals surface area contributed by atoms with E-state index in [1.54, 1.807) is 0 Å². The monoisotopic (exact) mass is 1440 g/mol. The molecule has 20 N–H and O–H groups in total. The minimum Gasteiger partial charge on any atom is -0.870 e. The van der Waals surface area contributed by atoms with Crippen LogP contribution < -0.4 is 107 Å². The molecule has 0 unspecified atom stereocenters. The summed E-state index contributed by atoms with van der Waals surface area (Å²) < 4.78 is 0. The Labute approximate surface area is 479 Å². The van der Waals surface area contributed by atoms with Gasteiger partial charge in [0.2, 0.25) is 0 Å². The smallest absolute Gasteiger partial charge is 0.870 e. The van der Waals surface area contributed by atoms with Crippen LogP contribution in [-0.4, -0.2) is 141 Å². The molecule has 0 aromatic carbocycles. The molecule has 31 nitrogen and oxygen atoms in total. The second-order valence-electron chi connectivity index (χ2n) is 8.31. The number of carboxylic acid groups (broad SMARTS) is 8. The molecule has 416 valence electrons. The normalized spacial score (nSPS) is 6.77. The fourth-order valence-electron chi connectivity index (χ4n) is 0.385. The third kappa shape index (κ3) is 985. The van der Waals surface area contributed by atoms with Gasteiger partial charge in [-0.3, -0.25) is 0 Å². The van der Waals surface area contributed by atoms with Gasteiger partial charge >= 0.3 is 104 Å². The third-order valence-electron chi connectivity index (χ3n) is 2.10. The molecule has 0 saturated carbocycles. The Morgan fingerprint density at radius 3 is 0.354 bits per heavy atom. The number of carbonyl (C=O) groups is 8. The van der Waals surface area contributed by atoms with Gasteiger partial charge < -0.3 is 162 Å². The average Bonchev–Trinajstić information content (AvgIpc) is 3.02. The van der Waals surface area contributed by atoms with Crippen molar-refractivity contribution < 1.29 is 258 Å². The second-order valence-corrected chi connectivity index (χ2v) is 8.31. The van der Waals surface area contributed by atoms with Crippen LogP contribution in [0.3, 0.4) is 0 Å². The average molecular weight is 1440 g/mol. The maximum absolute atomic E-state index is 10.0. The zero-order valence-corrected chi connectivity index (χ0v) is 44.1. The largest absolute Gasteiger partial charge is 3.00 e. The summed E-state index contributed by atoms with van der Waals surface area (Å²) in [5, 5.41) is 111. The molecule has 0 amide bonds. The molecule has 0 saturated heterocycles. The van der Waals surface area contributed by atoms with Gasteiger partial charge in [0.05, 0.1) is 0 Å². The van der Waals surface area contributed by atoms with Crippen LogP contribution in [0.2, 0.25) is 0 Å². The van der Waals surface area contributed by atoms with Gasteiger partial charge in [-0.25, -0.2) is 0 Å². The summed E-state index contributed by atoms with van der Waals surface area (Å²) in [5.41, 5.74) is 39.1. The molecule has 0 aliphatic heterocycles. The van der Waals surface area contributed by atoms with Crippen molar-refractivity contribution in [3.05, 3.63) is 0 Å². The van der Waals surface area contributed by atoms with E-state index in [1.165, 1.54) is 0 Å². The Kier molecular flexibility index (Phi) is 277. The minimum atomic E-state index is -1.08. The van der Waals surface area contributed by atoms with Crippen LogP contribution in [-0.2, 0) is 104 Å². The zero-order valence-electron chi connectivity index (χ0n) is 36.0. The Balaban J connectivity index is -0.0000000170. The van der Waals surface area contributed by atoms with Crippen molar-refractivity contribution in [3.63, 3.8) is 0 Å². The molecule has 0 spiro atoms. The zero-order chi connectivity index (χ0) is 48.6. The second kappa shape index (κ2) is 131. The SMILES string of the molecule is CC(=O)[O-].CC(=O)[O-].CC(=O)[O-].CC(=O)[O-].CC(=O)[O-].CC(=O)[O-].CC(=O)[O-].CC(=O)[O-].NCC([O-])CN.NCC([O-])CN.NCC([O-])CN.NCC([O-])CN.O.[Dy+3].[Dy].[Ni+2].[Ni+2].[Ni+2].[Ni+3].[OH-].[OH-]. The van der Waals surface area contributed by atoms with Crippen molar-refractivity contribution in [1.82, 2.24) is 0 Å². The molecular formula is C28H64Dy2N8Ni4O23-2. The maximum atomic E-state index is 10.0. The van der Waals surface area contributed by atoms with Gasteiger partial charge in [-0.15, -0.1) is 24.4 Å². The summed E-state index contributed by atoms with van der Waals surface area (Å²) in [4.78, 5) is 71.1. The van der Waals surface area contributed by atoms with Gasteiger partial charge in [-0.05, 0) is 108 Å². The molecule has 0 aliphatic rings. The van der Waals surface area contributed by atoms with E-state index < -0.39 is 72.2 Å². The Hall–Kier alpha value is -0.321. The number of carbonyl (C=O) groups excluding carboxylic acids is 8. The fraction of sp³-hybridized carbons (Fsp3) is 0.714. The van der Waals surface area contributed by atoms with E-state index in [-0.39, 0.29) is 211 Å². The maximum Gasteiger partial charge on any atom is 3.00 e. The van der Waals surface area contributed by atoms with Gasteiger partial charge in [0.15, 0.2) is 0 Å². The van der Waals surface area contributed by atoms with Crippen LogP contribution >= 0.6 is 0 Å². The summed E-state index contributed by atoms with van der Waals surface area (Å²) >= 11 is 0. The van der Waals surface area contributed by atoms with Crippen LogP contribution in [0.1, 0.15) is 55.4 Å². The van der Waals surface area contributed by atoms with E-state index in [4.69, 9.17) is 125 Å². The number of hydrogen-bond acceptors (Lipinski definition) is 30. The van der Waals surface area contributed by atoms with Gasteiger partial charge in [0, 0.05) is 85.9 Å². The van der Waals surface area contributed by atoms with Gasteiger partial charge in [0.25, 0.3) is 0 Å². The quantitative estimate of drug-likeness (QED) is 0.105. The Morgan fingerprint density at radius 1 is 0.323 bits per heavy atom. The molecule has 0 aromatic rings. The van der Waals surface area contributed by atoms with Crippen molar-refractivity contribution in [2.24, 2.45) is 45.9 Å². The first-order valence-corrected chi connectivity index (χ1v) is 14.7. The van der Waals surface area contributed by atoms with Gasteiger partial charge in [0.1, 0.15) is 0 Å². The molecule has 2 radical (unpaired) electrons. The van der Waals surface area contributed by atoms with E-state index >= 15 is 0 Å². The number of hydrogen-bond donors (Lipinski definition) is 8. The van der Waals surface area contributed by atoms with E-state index in [1.807, 2.05) is 0 Å². The topological polar surface area (TPSA) is 713 Å². The molecule has 65 heavy (non-hydrogen) atoms. The number of aliphatic carboxylic acids is 8. The molecule has 0 heterocycles. The van der Waals surface area contributed by atoms with Crippen LogP contribution in [0, 0.1) is 76.3 Å². The van der Waals surface area contributed by atoms with Crippen molar-refractivity contribution in [1.29, 1.82) is 0 Å².